The number of aromatic nitrogens is 2. The first-order valence-corrected chi connectivity index (χ1v) is 11.3. The van der Waals surface area contributed by atoms with Crippen molar-refractivity contribution in [3.8, 4) is 12.3 Å². The number of amides is 1. The lowest BCUT2D eigenvalue weighted by atomic mass is 9.86. The maximum Gasteiger partial charge on any atom is 0.228 e. The Hall–Kier alpha value is -3.26. The molecular formula is C27H26FN3O. The molecule has 5 heteroatoms. The van der Waals surface area contributed by atoms with Crippen LogP contribution in [0.1, 0.15) is 49.7 Å². The van der Waals surface area contributed by atoms with Gasteiger partial charge < -0.3 is 5.32 Å². The summed E-state index contributed by atoms with van der Waals surface area (Å²) in [7, 11) is 0. The predicted octanol–water partition coefficient (Wildman–Crippen LogP) is 5.54. The molecule has 5 atom stereocenters. The largest absolute Gasteiger partial charge is 0.310 e. The minimum absolute atomic E-state index is 0.0167. The Balaban J connectivity index is 1.23. The second-order valence-corrected chi connectivity index (χ2v) is 9.34. The monoisotopic (exact) mass is 427 g/mol. The molecule has 5 rings (SSSR count). The zero-order chi connectivity index (χ0) is 22.2. The van der Waals surface area contributed by atoms with Gasteiger partial charge in [-0.15, -0.1) is 6.42 Å². The molecule has 2 aromatic heterocycles. The van der Waals surface area contributed by atoms with Gasteiger partial charge in [-0.05, 0) is 91.3 Å². The smallest absolute Gasteiger partial charge is 0.228 e. The molecule has 0 saturated heterocycles. The normalized spacial score (nSPS) is 25.3. The number of carbonyl (C=O) groups excluding carboxylic acids is 1. The van der Waals surface area contributed by atoms with Crippen LogP contribution in [0.25, 0.3) is 10.9 Å². The molecule has 32 heavy (non-hydrogen) atoms. The van der Waals surface area contributed by atoms with Gasteiger partial charge >= 0.3 is 0 Å². The Bertz CT molecular complexity index is 1190. The number of fused-ring (bicyclic) bond motifs is 2. The van der Waals surface area contributed by atoms with E-state index in [0.29, 0.717) is 35.1 Å². The number of hydrogen-bond donors (Lipinski definition) is 1. The maximum absolute atomic E-state index is 13.9. The van der Waals surface area contributed by atoms with Crippen molar-refractivity contribution in [3.63, 3.8) is 0 Å². The van der Waals surface area contributed by atoms with E-state index in [2.05, 4.69) is 27.3 Å². The van der Waals surface area contributed by atoms with Crippen LogP contribution < -0.4 is 5.32 Å². The van der Waals surface area contributed by atoms with E-state index in [0.717, 1.165) is 36.6 Å². The van der Waals surface area contributed by atoms with Crippen LogP contribution in [0.4, 0.5) is 10.2 Å². The molecule has 162 valence electrons. The summed E-state index contributed by atoms with van der Waals surface area (Å²) in [6.07, 6.45) is 13.1. The number of benzene rings is 1. The second-order valence-electron chi connectivity index (χ2n) is 9.34. The highest BCUT2D eigenvalue weighted by molar-refractivity contribution is 5.91. The van der Waals surface area contributed by atoms with Crippen molar-refractivity contribution < 1.29 is 9.18 Å². The molecule has 0 aliphatic heterocycles. The summed E-state index contributed by atoms with van der Waals surface area (Å²) in [5.74, 6) is 4.84. The van der Waals surface area contributed by atoms with Crippen molar-refractivity contribution >= 4 is 22.6 Å². The van der Waals surface area contributed by atoms with Gasteiger partial charge in [0.05, 0.1) is 5.52 Å². The fraction of sp³-hybridized carbons (Fsp3) is 0.370. The fourth-order valence-corrected chi connectivity index (χ4v) is 5.83. The molecule has 2 aliphatic carbocycles. The van der Waals surface area contributed by atoms with Crippen molar-refractivity contribution in [2.45, 2.75) is 38.5 Å². The topological polar surface area (TPSA) is 54.9 Å². The van der Waals surface area contributed by atoms with Crippen LogP contribution in [-0.4, -0.2) is 15.9 Å². The molecule has 0 radical (unpaired) electrons. The molecular weight excluding hydrogens is 401 g/mol. The van der Waals surface area contributed by atoms with Crippen LogP contribution in [0, 0.1) is 41.8 Å². The first-order chi connectivity index (χ1) is 15.5. The Labute approximate surface area is 187 Å². The number of rotatable bonds is 4. The van der Waals surface area contributed by atoms with Gasteiger partial charge in [0, 0.05) is 29.3 Å². The molecule has 4 nitrogen and oxygen atoms in total. The Morgan fingerprint density at radius 3 is 2.59 bits per heavy atom. The van der Waals surface area contributed by atoms with Crippen LogP contribution in [0.3, 0.4) is 0 Å². The fourth-order valence-electron chi connectivity index (χ4n) is 5.83. The molecule has 2 aliphatic rings. The minimum Gasteiger partial charge on any atom is -0.310 e. The number of hydrogen-bond acceptors (Lipinski definition) is 3. The molecule has 3 unspecified atom stereocenters. The lowest BCUT2D eigenvalue weighted by Gasteiger charge is -2.21. The lowest BCUT2D eigenvalue weighted by Crippen LogP contribution is -2.26. The van der Waals surface area contributed by atoms with E-state index in [4.69, 9.17) is 6.42 Å². The summed E-state index contributed by atoms with van der Waals surface area (Å²) in [4.78, 5) is 21.4. The highest BCUT2D eigenvalue weighted by atomic mass is 19.1. The summed E-state index contributed by atoms with van der Waals surface area (Å²) in [5, 5.41) is 3.87. The average molecular weight is 428 g/mol. The van der Waals surface area contributed by atoms with E-state index in [-0.39, 0.29) is 17.6 Å². The van der Waals surface area contributed by atoms with Crippen LogP contribution >= 0.6 is 0 Å². The number of carbonyl (C=O) groups is 1. The van der Waals surface area contributed by atoms with Gasteiger partial charge in [-0.25, -0.2) is 9.37 Å². The van der Waals surface area contributed by atoms with Crippen molar-refractivity contribution in [2.75, 3.05) is 5.32 Å². The van der Waals surface area contributed by atoms with E-state index in [1.54, 1.807) is 30.5 Å². The molecule has 3 aromatic rings. The zero-order valence-electron chi connectivity index (χ0n) is 18.1. The third-order valence-corrected chi connectivity index (χ3v) is 7.53. The lowest BCUT2D eigenvalue weighted by molar-refractivity contribution is -0.120. The molecule has 1 aromatic carbocycles. The Morgan fingerprint density at radius 1 is 1.12 bits per heavy atom. The first-order valence-electron chi connectivity index (χ1n) is 11.3. The molecule has 2 heterocycles. The molecule has 0 bridgehead atoms. The zero-order valence-corrected chi connectivity index (χ0v) is 18.1. The predicted molar refractivity (Wildman–Crippen MR) is 123 cm³/mol. The quantitative estimate of drug-likeness (QED) is 0.556. The van der Waals surface area contributed by atoms with Crippen molar-refractivity contribution in [1.82, 2.24) is 9.97 Å². The van der Waals surface area contributed by atoms with Gasteiger partial charge in [0.15, 0.2) is 0 Å². The molecule has 1 N–H and O–H groups in total. The van der Waals surface area contributed by atoms with Gasteiger partial charge in [-0.2, -0.15) is 0 Å². The second kappa shape index (κ2) is 8.35. The number of anilines is 1. The van der Waals surface area contributed by atoms with Gasteiger partial charge in [0.25, 0.3) is 0 Å². The number of nitrogens with zero attached hydrogens (tertiary/aromatic N) is 2. The summed E-state index contributed by atoms with van der Waals surface area (Å²) in [6, 6.07) is 10.4. The van der Waals surface area contributed by atoms with E-state index in [9.17, 15) is 9.18 Å². The van der Waals surface area contributed by atoms with Crippen LogP contribution in [0.2, 0.25) is 0 Å². The van der Waals surface area contributed by atoms with Gasteiger partial charge in [0.2, 0.25) is 5.91 Å². The van der Waals surface area contributed by atoms with E-state index >= 15 is 0 Å². The number of halogens is 1. The molecule has 2 saturated carbocycles. The van der Waals surface area contributed by atoms with E-state index in [1.165, 1.54) is 11.6 Å². The summed E-state index contributed by atoms with van der Waals surface area (Å²) in [6.45, 7) is 2.02. The number of pyridine rings is 2. The summed E-state index contributed by atoms with van der Waals surface area (Å²) in [5.41, 5.74) is 2.76. The van der Waals surface area contributed by atoms with E-state index < -0.39 is 0 Å². The summed E-state index contributed by atoms with van der Waals surface area (Å²) < 4.78 is 13.9. The third kappa shape index (κ3) is 3.86. The van der Waals surface area contributed by atoms with Crippen LogP contribution in [0.15, 0.2) is 48.8 Å². The first kappa shape index (κ1) is 20.6. The standard InChI is InChI=1S/C27H26FN3O/c1-3-17-4-7-26(30-15-17)31-27(32)16(2)18-10-19-12-21(13-20(19)11-18)23-8-9-29-25-6-5-22(28)14-24(23)25/h1,4-9,14-16,18-21H,10-13H2,2H3,(H,30,31,32)/t16?,18?,19-,20+,21?. The number of nitrogens with one attached hydrogen (secondary N) is 1. The average Bonchev–Trinajstić information content (AvgIpc) is 3.38. The highest BCUT2D eigenvalue weighted by Gasteiger charge is 2.44. The summed E-state index contributed by atoms with van der Waals surface area (Å²) >= 11 is 0. The minimum atomic E-state index is -0.215. The van der Waals surface area contributed by atoms with Gasteiger partial charge in [-0.3, -0.25) is 9.78 Å². The number of terminal acetylenes is 1. The SMILES string of the molecule is C#Cc1ccc(NC(=O)C(C)C2C[C@H]3CC(c4ccnc5ccc(F)cc45)C[C@H]3C2)nc1. The van der Waals surface area contributed by atoms with Crippen LogP contribution in [-0.2, 0) is 4.79 Å². The Morgan fingerprint density at radius 2 is 1.91 bits per heavy atom. The van der Waals surface area contributed by atoms with Crippen molar-refractivity contribution in [3.05, 3.63) is 65.7 Å². The van der Waals surface area contributed by atoms with Crippen molar-refractivity contribution in [2.24, 2.45) is 23.7 Å². The molecule has 1 amide bonds. The highest BCUT2D eigenvalue weighted by Crippen LogP contribution is 2.54. The maximum atomic E-state index is 13.9. The van der Waals surface area contributed by atoms with Crippen LogP contribution in [0.5, 0.6) is 0 Å². The van der Waals surface area contributed by atoms with Gasteiger partial charge in [-0.1, -0.05) is 12.8 Å². The third-order valence-electron chi connectivity index (χ3n) is 7.53. The van der Waals surface area contributed by atoms with Crippen molar-refractivity contribution in [1.29, 1.82) is 0 Å². The molecule has 0 spiro atoms. The van der Waals surface area contributed by atoms with E-state index in [1.807, 2.05) is 13.1 Å². The van der Waals surface area contributed by atoms with Gasteiger partial charge in [0.1, 0.15) is 11.6 Å². The Kier molecular flexibility index (Phi) is 5.38. The molecule has 2 fully saturated rings.